The number of nitrogens with zero attached hydrogens (tertiary/aromatic N) is 4. The molecule has 0 aliphatic heterocycles. The number of nitrogen functional groups attached to an aromatic ring is 1. The zero-order chi connectivity index (χ0) is 22.7. The molecule has 0 fully saturated rings. The third-order valence-electron chi connectivity index (χ3n) is 4.77. The number of carbonyl (C=O) groups is 1. The van der Waals surface area contributed by atoms with Crippen LogP contribution in [0.4, 0.5) is 10.2 Å². The summed E-state index contributed by atoms with van der Waals surface area (Å²) in [6.45, 7) is 2.05. The summed E-state index contributed by atoms with van der Waals surface area (Å²) in [5.41, 5.74) is 8.18. The van der Waals surface area contributed by atoms with Gasteiger partial charge in [0.2, 0.25) is 0 Å². The zero-order valence-electron chi connectivity index (χ0n) is 17.2. The van der Waals surface area contributed by atoms with Gasteiger partial charge in [-0.25, -0.2) is 14.2 Å². The van der Waals surface area contributed by atoms with Gasteiger partial charge in [-0.05, 0) is 38.2 Å². The van der Waals surface area contributed by atoms with Gasteiger partial charge in [-0.2, -0.15) is 10.4 Å². The first-order valence-corrected chi connectivity index (χ1v) is 9.32. The highest BCUT2D eigenvalue weighted by Gasteiger charge is 2.22. The standard InChI is InChI=1S/C21H21FN6O3/c1-11(15-7-13(22)4-5-14(15)21(29)30)31-18-6-12(9-26-20(18)24)19-16(8-23)27-28(3)17(19)10-25-2/h4-7,9,11,25H,10H2,1-3H3,(H2,24,26)(H,29,30). The maximum absolute atomic E-state index is 13.7. The summed E-state index contributed by atoms with van der Waals surface area (Å²) >= 11 is 0. The van der Waals surface area contributed by atoms with E-state index in [9.17, 15) is 19.6 Å². The first-order chi connectivity index (χ1) is 14.8. The van der Waals surface area contributed by atoms with Gasteiger partial charge in [0.25, 0.3) is 0 Å². The number of nitrogens with two attached hydrogens (primary N) is 1. The number of carboxylic acids is 1. The van der Waals surface area contributed by atoms with Gasteiger partial charge in [0.1, 0.15) is 18.0 Å². The maximum atomic E-state index is 13.7. The molecule has 0 saturated carbocycles. The van der Waals surface area contributed by atoms with Gasteiger partial charge in [-0.15, -0.1) is 0 Å². The first-order valence-electron chi connectivity index (χ1n) is 9.32. The third kappa shape index (κ3) is 4.31. The second kappa shape index (κ2) is 8.81. The van der Waals surface area contributed by atoms with Crippen molar-refractivity contribution in [3.63, 3.8) is 0 Å². The number of rotatable bonds is 7. The lowest BCUT2D eigenvalue weighted by atomic mass is 10.0. The van der Waals surface area contributed by atoms with E-state index in [2.05, 4.69) is 21.5 Å². The quantitative estimate of drug-likeness (QED) is 0.526. The molecule has 1 aromatic carbocycles. The lowest BCUT2D eigenvalue weighted by molar-refractivity contribution is 0.0691. The summed E-state index contributed by atoms with van der Waals surface area (Å²) in [6, 6.07) is 7.05. The highest BCUT2D eigenvalue weighted by Crippen LogP contribution is 2.34. The Morgan fingerprint density at radius 2 is 2.19 bits per heavy atom. The SMILES string of the molecule is CNCc1c(-c2cnc(N)c(OC(C)c3cc(F)ccc3C(=O)O)c2)c(C#N)nn1C. The molecule has 2 heterocycles. The molecular weight excluding hydrogens is 403 g/mol. The van der Waals surface area contributed by atoms with Crippen LogP contribution in [0.15, 0.2) is 30.5 Å². The summed E-state index contributed by atoms with van der Waals surface area (Å²) in [5, 5.41) is 26.2. The molecule has 160 valence electrons. The number of nitrogens with one attached hydrogen (secondary N) is 1. The van der Waals surface area contributed by atoms with Crippen LogP contribution in [0.5, 0.6) is 5.75 Å². The van der Waals surface area contributed by atoms with E-state index in [1.807, 2.05) is 0 Å². The summed E-state index contributed by atoms with van der Waals surface area (Å²) in [5.74, 6) is -1.53. The Kier molecular flexibility index (Phi) is 6.17. The van der Waals surface area contributed by atoms with Crippen LogP contribution in [0.3, 0.4) is 0 Å². The van der Waals surface area contributed by atoms with Crippen molar-refractivity contribution >= 4 is 11.8 Å². The third-order valence-corrected chi connectivity index (χ3v) is 4.77. The molecule has 2 aromatic heterocycles. The monoisotopic (exact) mass is 424 g/mol. The lowest BCUT2D eigenvalue weighted by Gasteiger charge is -2.18. The molecule has 4 N–H and O–H groups in total. The van der Waals surface area contributed by atoms with Crippen LogP contribution in [0.2, 0.25) is 0 Å². The molecule has 1 atom stereocenters. The molecule has 0 amide bonds. The number of benzene rings is 1. The van der Waals surface area contributed by atoms with E-state index in [1.54, 1.807) is 31.8 Å². The maximum Gasteiger partial charge on any atom is 0.336 e. The van der Waals surface area contributed by atoms with Crippen LogP contribution in [0, 0.1) is 17.1 Å². The first kappa shape index (κ1) is 21.7. The number of carboxylic acid groups (broad SMARTS) is 1. The number of halogens is 1. The highest BCUT2D eigenvalue weighted by atomic mass is 19.1. The Balaban J connectivity index is 2.04. The minimum absolute atomic E-state index is 0.0708. The molecular formula is C21H21FN6O3. The number of aromatic carboxylic acids is 1. The van der Waals surface area contributed by atoms with Crippen LogP contribution >= 0.6 is 0 Å². The minimum Gasteiger partial charge on any atom is -0.482 e. The second-order valence-corrected chi connectivity index (χ2v) is 6.84. The number of ether oxygens (including phenoxy) is 1. The van der Waals surface area contributed by atoms with Gasteiger partial charge in [0.05, 0.1) is 11.3 Å². The van der Waals surface area contributed by atoms with Crippen LogP contribution in [0.1, 0.15) is 40.3 Å². The predicted octanol–water partition coefficient (Wildman–Crippen LogP) is 2.63. The fourth-order valence-electron chi connectivity index (χ4n) is 3.32. The van der Waals surface area contributed by atoms with Gasteiger partial charge in [0.15, 0.2) is 17.3 Å². The minimum atomic E-state index is -1.20. The van der Waals surface area contributed by atoms with Crippen LogP contribution in [0.25, 0.3) is 11.1 Å². The summed E-state index contributed by atoms with van der Waals surface area (Å²) < 4.78 is 21.2. The lowest BCUT2D eigenvalue weighted by Crippen LogP contribution is -2.12. The largest absolute Gasteiger partial charge is 0.482 e. The van der Waals surface area contributed by atoms with Gasteiger partial charge in [-0.3, -0.25) is 4.68 Å². The molecule has 0 spiro atoms. The van der Waals surface area contributed by atoms with E-state index in [0.29, 0.717) is 17.7 Å². The van der Waals surface area contributed by atoms with E-state index >= 15 is 0 Å². The molecule has 0 aliphatic rings. The van der Waals surface area contributed by atoms with Crippen molar-refractivity contribution < 1.29 is 19.0 Å². The number of pyridine rings is 1. The van der Waals surface area contributed by atoms with E-state index in [1.165, 1.54) is 12.3 Å². The predicted molar refractivity (Wildman–Crippen MR) is 111 cm³/mol. The van der Waals surface area contributed by atoms with Crippen LogP contribution < -0.4 is 15.8 Å². The zero-order valence-corrected chi connectivity index (χ0v) is 17.2. The number of anilines is 1. The number of nitriles is 1. The Bertz CT molecular complexity index is 1180. The van der Waals surface area contributed by atoms with E-state index in [-0.39, 0.29) is 28.4 Å². The Morgan fingerprint density at radius 3 is 2.84 bits per heavy atom. The molecule has 3 aromatic rings. The number of hydrogen-bond acceptors (Lipinski definition) is 7. The highest BCUT2D eigenvalue weighted by molar-refractivity contribution is 5.89. The average Bonchev–Trinajstić information content (AvgIpc) is 3.05. The van der Waals surface area contributed by atoms with Crippen molar-refractivity contribution in [3.8, 4) is 22.9 Å². The summed E-state index contributed by atoms with van der Waals surface area (Å²) in [4.78, 5) is 15.7. The fourth-order valence-corrected chi connectivity index (χ4v) is 3.32. The van der Waals surface area contributed by atoms with Crippen molar-refractivity contribution in [1.29, 1.82) is 5.26 Å². The fraction of sp³-hybridized carbons (Fsp3) is 0.238. The summed E-state index contributed by atoms with van der Waals surface area (Å²) in [6.07, 6.45) is 0.677. The second-order valence-electron chi connectivity index (χ2n) is 6.84. The van der Waals surface area contributed by atoms with E-state index in [4.69, 9.17) is 10.5 Å². The molecule has 1 unspecified atom stereocenters. The van der Waals surface area contributed by atoms with Crippen LogP contribution in [-0.2, 0) is 13.6 Å². The van der Waals surface area contributed by atoms with E-state index < -0.39 is 17.9 Å². The van der Waals surface area contributed by atoms with Crippen molar-refractivity contribution in [2.24, 2.45) is 7.05 Å². The van der Waals surface area contributed by atoms with Gasteiger partial charge in [-0.1, -0.05) is 0 Å². The molecule has 0 radical (unpaired) electrons. The Morgan fingerprint density at radius 1 is 1.45 bits per heavy atom. The molecule has 3 rings (SSSR count). The molecule has 0 bridgehead atoms. The van der Waals surface area contributed by atoms with Crippen LogP contribution in [-0.4, -0.2) is 32.9 Å². The molecule has 9 nitrogen and oxygen atoms in total. The van der Waals surface area contributed by atoms with Crippen molar-refractivity contribution in [1.82, 2.24) is 20.1 Å². The van der Waals surface area contributed by atoms with E-state index in [0.717, 1.165) is 17.8 Å². The number of aryl methyl sites for hydroxylation is 1. The molecule has 0 aliphatic carbocycles. The van der Waals surface area contributed by atoms with Gasteiger partial charge in [0, 0.05) is 36.5 Å². The normalized spacial score (nSPS) is 11.7. The summed E-state index contributed by atoms with van der Waals surface area (Å²) in [7, 11) is 3.51. The Labute approximate surface area is 177 Å². The Hall–Kier alpha value is -3.97. The molecule has 10 heteroatoms. The molecule has 0 saturated heterocycles. The topological polar surface area (TPSA) is 139 Å². The smallest absolute Gasteiger partial charge is 0.336 e. The number of hydrogen-bond donors (Lipinski definition) is 3. The van der Waals surface area contributed by atoms with Gasteiger partial charge < -0.3 is 20.9 Å². The average molecular weight is 424 g/mol. The van der Waals surface area contributed by atoms with Crippen molar-refractivity contribution in [3.05, 3.63) is 58.8 Å². The molecule has 31 heavy (non-hydrogen) atoms. The van der Waals surface area contributed by atoms with Crippen molar-refractivity contribution in [2.75, 3.05) is 12.8 Å². The van der Waals surface area contributed by atoms with Crippen molar-refractivity contribution in [2.45, 2.75) is 19.6 Å². The van der Waals surface area contributed by atoms with Gasteiger partial charge >= 0.3 is 5.97 Å². The number of aromatic nitrogens is 3.